The van der Waals surface area contributed by atoms with Gasteiger partial charge in [0.05, 0.1) is 4.90 Å². The molecule has 0 heterocycles. The Kier molecular flexibility index (Phi) is 2.68. The van der Waals surface area contributed by atoms with Crippen LogP contribution in [0.2, 0.25) is 0 Å². The maximum absolute atomic E-state index is 12.7. The summed E-state index contributed by atoms with van der Waals surface area (Å²) >= 11 is 0. The second-order valence-corrected chi connectivity index (χ2v) is 4.78. The van der Waals surface area contributed by atoms with E-state index in [0.29, 0.717) is 0 Å². The molecular weight excluding hydrogens is 193 g/mol. The van der Waals surface area contributed by atoms with Gasteiger partial charge in [-0.2, -0.15) is 0 Å². The van der Waals surface area contributed by atoms with Gasteiger partial charge in [0.1, 0.15) is 5.82 Å². The molecule has 3 nitrogen and oxygen atoms in total. The third-order valence-electron chi connectivity index (χ3n) is 1.50. The van der Waals surface area contributed by atoms with Crippen LogP contribution >= 0.6 is 0 Å². The van der Waals surface area contributed by atoms with Crippen molar-refractivity contribution in [1.82, 2.24) is 4.31 Å². The van der Waals surface area contributed by atoms with Gasteiger partial charge in [-0.1, -0.05) is 6.07 Å². The highest BCUT2D eigenvalue weighted by Gasteiger charge is 2.17. The van der Waals surface area contributed by atoms with Crippen molar-refractivity contribution < 1.29 is 12.8 Å². The Morgan fingerprint density at radius 1 is 1.46 bits per heavy atom. The second-order valence-electron chi connectivity index (χ2n) is 2.66. The second kappa shape index (κ2) is 3.43. The topological polar surface area (TPSA) is 37.4 Å². The summed E-state index contributed by atoms with van der Waals surface area (Å²) in [4.78, 5) is -0.155. The number of rotatable bonds is 2. The number of nitrogens with zero attached hydrogens (tertiary/aromatic N) is 1. The first-order valence-electron chi connectivity index (χ1n) is 3.54. The molecule has 0 bridgehead atoms. The van der Waals surface area contributed by atoms with Crippen LogP contribution in [0.3, 0.4) is 0 Å². The average molecular weight is 202 g/mol. The SMILES string of the molecule is CN(C)S(=O)(=O)c1[c]ccc(F)c1. The minimum Gasteiger partial charge on any atom is -0.207 e. The summed E-state index contributed by atoms with van der Waals surface area (Å²) in [5.74, 6) is -0.584. The molecule has 0 aliphatic heterocycles. The highest BCUT2D eigenvalue weighted by Crippen LogP contribution is 2.12. The van der Waals surface area contributed by atoms with Gasteiger partial charge >= 0.3 is 0 Å². The van der Waals surface area contributed by atoms with Crippen molar-refractivity contribution in [3.05, 3.63) is 30.1 Å². The molecule has 1 aromatic rings. The maximum Gasteiger partial charge on any atom is 0.243 e. The third-order valence-corrected chi connectivity index (χ3v) is 3.25. The minimum absolute atomic E-state index is 0.155. The lowest BCUT2D eigenvalue weighted by Gasteiger charge is -2.10. The fraction of sp³-hybridized carbons (Fsp3) is 0.250. The normalized spacial score (nSPS) is 12.0. The maximum atomic E-state index is 12.7. The molecule has 13 heavy (non-hydrogen) atoms. The Balaban J connectivity index is 3.24. The molecular formula is C8H9FNO2S. The molecule has 0 saturated heterocycles. The molecule has 0 unspecified atom stereocenters. The highest BCUT2D eigenvalue weighted by atomic mass is 32.2. The van der Waals surface area contributed by atoms with E-state index in [9.17, 15) is 12.8 Å². The van der Waals surface area contributed by atoms with Crippen molar-refractivity contribution in [3.63, 3.8) is 0 Å². The van der Waals surface area contributed by atoms with E-state index in [1.807, 2.05) is 0 Å². The van der Waals surface area contributed by atoms with E-state index >= 15 is 0 Å². The molecule has 0 aliphatic rings. The minimum atomic E-state index is -3.56. The number of hydrogen-bond donors (Lipinski definition) is 0. The molecule has 0 atom stereocenters. The van der Waals surface area contributed by atoms with Crippen molar-refractivity contribution in [2.24, 2.45) is 0 Å². The quantitative estimate of drug-likeness (QED) is 0.713. The van der Waals surface area contributed by atoms with E-state index in [1.54, 1.807) is 0 Å². The predicted octanol–water partition coefficient (Wildman–Crippen LogP) is 0.876. The van der Waals surface area contributed by atoms with Gasteiger partial charge < -0.3 is 0 Å². The van der Waals surface area contributed by atoms with Crippen molar-refractivity contribution in [3.8, 4) is 0 Å². The van der Waals surface area contributed by atoms with Crippen molar-refractivity contribution in [1.29, 1.82) is 0 Å². The van der Waals surface area contributed by atoms with Crippen molar-refractivity contribution in [2.75, 3.05) is 14.1 Å². The van der Waals surface area contributed by atoms with Crippen LogP contribution < -0.4 is 0 Å². The third kappa shape index (κ3) is 2.05. The summed E-state index contributed by atoms with van der Waals surface area (Å²) in [7, 11) is -0.796. The van der Waals surface area contributed by atoms with Crippen LogP contribution in [0.4, 0.5) is 4.39 Å². The summed E-state index contributed by atoms with van der Waals surface area (Å²) in [6.07, 6.45) is 0. The zero-order chi connectivity index (χ0) is 10.1. The Morgan fingerprint density at radius 2 is 2.08 bits per heavy atom. The largest absolute Gasteiger partial charge is 0.243 e. The molecule has 5 heteroatoms. The summed E-state index contributed by atoms with van der Waals surface area (Å²) in [6.45, 7) is 0. The van der Waals surface area contributed by atoms with E-state index in [1.165, 1.54) is 20.2 Å². The first-order chi connectivity index (χ1) is 5.94. The van der Waals surface area contributed by atoms with Gasteiger partial charge in [0.2, 0.25) is 10.0 Å². The molecule has 71 valence electrons. The van der Waals surface area contributed by atoms with Gasteiger partial charge in [0.15, 0.2) is 0 Å². The Labute approximate surface area is 76.8 Å². The predicted molar refractivity (Wildman–Crippen MR) is 46.1 cm³/mol. The van der Waals surface area contributed by atoms with Gasteiger partial charge in [0, 0.05) is 20.2 Å². The average Bonchev–Trinajstić information content (AvgIpc) is 2.04. The van der Waals surface area contributed by atoms with Crippen LogP contribution in [0, 0.1) is 11.9 Å². The van der Waals surface area contributed by atoms with Crippen molar-refractivity contribution in [2.45, 2.75) is 4.90 Å². The first-order valence-corrected chi connectivity index (χ1v) is 4.98. The zero-order valence-electron chi connectivity index (χ0n) is 7.28. The van der Waals surface area contributed by atoms with E-state index in [2.05, 4.69) is 6.07 Å². The fourth-order valence-corrected chi connectivity index (χ4v) is 1.64. The van der Waals surface area contributed by atoms with Crippen LogP contribution in [0.25, 0.3) is 0 Å². The Morgan fingerprint density at radius 3 is 2.54 bits per heavy atom. The number of sulfonamides is 1. The lowest BCUT2D eigenvalue weighted by molar-refractivity contribution is 0.519. The van der Waals surface area contributed by atoms with Crippen LogP contribution in [0.5, 0.6) is 0 Å². The molecule has 0 saturated carbocycles. The smallest absolute Gasteiger partial charge is 0.207 e. The molecule has 1 radical (unpaired) electrons. The van der Waals surface area contributed by atoms with Gasteiger partial charge in [-0.15, -0.1) is 0 Å². The molecule has 0 N–H and O–H groups in total. The van der Waals surface area contributed by atoms with Crippen molar-refractivity contribution >= 4 is 10.0 Å². The monoisotopic (exact) mass is 202 g/mol. The van der Waals surface area contributed by atoms with Crippen LogP contribution in [0.15, 0.2) is 23.1 Å². The van der Waals surface area contributed by atoms with Gasteiger partial charge in [-0.3, -0.25) is 0 Å². The Bertz CT molecular complexity index is 400. The van der Waals surface area contributed by atoms with E-state index in [-0.39, 0.29) is 4.90 Å². The van der Waals surface area contributed by atoms with Crippen LogP contribution in [-0.4, -0.2) is 26.8 Å². The van der Waals surface area contributed by atoms with E-state index in [4.69, 9.17) is 0 Å². The fourth-order valence-electron chi connectivity index (χ4n) is 0.764. The van der Waals surface area contributed by atoms with Gasteiger partial charge in [-0.25, -0.2) is 17.1 Å². The molecule has 0 aromatic heterocycles. The first kappa shape index (κ1) is 10.1. The van der Waals surface area contributed by atoms with Gasteiger partial charge in [0.25, 0.3) is 0 Å². The molecule has 0 amide bonds. The molecule has 0 fully saturated rings. The van der Waals surface area contributed by atoms with Crippen LogP contribution in [0.1, 0.15) is 0 Å². The number of benzene rings is 1. The summed E-state index contributed by atoms with van der Waals surface area (Å²) < 4.78 is 36.5. The summed E-state index contributed by atoms with van der Waals surface area (Å²) in [5.41, 5.74) is 0. The standard InChI is InChI=1S/C8H9FNO2S/c1-10(2)13(11,12)8-5-3-4-7(9)6-8/h3-4,6H,1-2H3. The summed E-state index contributed by atoms with van der Waals surface area (Å²) in [6, 6.07) is 5.79. The zero-order valence-corrected chi connectivity index (χ0v) is 8.10. The lowest BCUT2D eigenvalue weighted by Crippen LogP contribution is -2.22. The molecule has 0 aliphatic carbocycles. The summed E-state index contributed by atoms with van der Waals surface area (Å²) in [5, 5.41) is 0. The molecule has 1 rings (SSSR count). The highest BCUT2D eigenvalue weighted by molar-refractivity contribution is 7.89. The number of hydrogen-bond acceptors (Lipinski definition) is 2. The van der Waals surface area contributed by atoms with Crippen LogP contribution in [-0.2, 0) is 10.0 Å². The molecule has 0 spiro atoms. The molecule has 1 aromatic carbocycles. The number of halogens is 1. The Hall–Kier alpha value is -0.940. The van der Waals surface area contributed by atoms with E-state index < -0.39 is 15.8 Å². The van der Waals surface area contributed by atoms with Gasteiger partial charge in [-0.05, 0) is 12.1 Å². The van der Waals surface area contributed by atoms with E-state index in [0.717, 1.165) is 16.4 Å². The lowest BCUT2D eigenvalue weighted by atomic mass is 10.4.